The lowest BCUT2D eigenvalue weighted by atomic mass is 9.85. The second-order valence-electron chi connectivity index (χ2n) is 5.24. The molecule has 0 aliphatic heterocycles. The number of rotatable bonds is 4. The molecule has 110 valence electrons. The van der Waals surface area contributed by atoms with Gasteiger partial charge in [0.05, 0.1) is 11.1 Å². The lowest BCUT2D eigenvalue weighted by Gasteiger charge is -2.26. The van der Waals surface area contributed by atoms with E-state index in [9.17, 15) is 9.59 Å². The van der Waals surface area contributed by atoms with E-state index in [0.29, 0.717) is 0 Å². The smallest absolute Gasteiger partial charge is 0.340 e. The van der Waals surface area contributed by atoms with E-state index < -0.39 is 18.0 Å². The third-order valence-electron chi connectivity index (χ3n) is 3.85. The molecule has 21 heavy (non-hydrogen) atoms. The molecule has 1 atom stereocenters. The maximum Gasteiger partial charge on any atom is 0.340 e. The average Bonchev–Trinajstić information content (AvgIpc) is 2.53. The maximum absolute atomic E-state index is 12.2. The summed E-state index contributed by atoms with van der Waals surface area (Å²) in [6, 6.07) is 6.00. The Kier molecular flexibility index (Phi) is 4.99. The van der Waals surface area contributed by atoms with E-state index in [1.165, 1.54) is 18.6 Å². The van der Waals surface area contributed by atoms with Crippen molar-refractivity contribution in [3.8, 4) is 12.3 Å². The first-order valence-electron chi connectivity index (χ1n) is 7.13. The average molecular weight is 286 g/mol. The number of carboxylic acids is 1. The highest BCUT2D eigenvalue weighted by Crippen LogP contribution is 2.28. The molecule has 0 bridgehead atoms. The SMILES string of the molecule is C#CC(OC(=O)c1ccccc1C(=O)O)C1CCCCC1. The summed E-state index contributed by atoms with van der Waals surface area (Å²) in [4.78, 5) is 23.3. The van der Waals surface area contributed by atoms with Crippen LogP contribution in [0.1, 0.15) is 52.8 Å². The van der Waals surface area contributed by atoms with E-state index in [1.807, 2.05) is 0 Å². The van der Waals surface area contributed by atoms with Gasteiger partial charge in [-0.05, 0) is 25.0 Å². The second kappa shape index (κ2) is 6.94. The molecule has 4 nitrogen and oxygen atoms in total. The summed E-state index contributed by atoms with van der Waals surface area (Å²) in [5.74, 6) is 0.881. The Morgan fingerprint density at radius 2 is 1.81 bits per heavy atom. The van der Waals surface area contributed by atoms with Gasteiger partial charge in [0, 0.05) is 5.92 Å². The third kappa shape index (κ3) is 3.63. The predicted molar refractivity (Wildman–Crippen MR) is 78.0 cm³/mol. The second-order valence-corrected chi connectivity index (χ2v) is 5.24. The van der Waals surface area contributed by atoms with Gasteiger partial charge in [-0.1, -0.05) is 37.3 Å². The highest BCUT2D eigenvalue weighted by molar-refractivity contribution is 6.02. The molecule has 1 aromatic rings. The first-order chi connectivity index (χ1) is 10.1. The van der Waals surface area contributed by atoms with Crippen LogP contribution >= 0.6 is 0 Å². The summed E-state index contributed by atoms with van der Waals surface area (Å²) >= 11 is 0. The molecule has 1 aromatic carbocycles. The standard InChI is InChI=1S/C17H18O4/c1-2-15(12-8-4-3-5-9-12)21-17(20)14-11-7-6-10-13(14)16(18)19/h1,6-7,10-12,15H,3-5,8-9H2,(H,18,19). The zero-order valence-electron chi connectivity index (χ0n) is 11.7. The summed E-state index contributed by atoms with van der Waals surface area (Å²) in [5.41, 5.74) is -0.0250. The molecule has 4 heteroatoms. The van der Waals surface area contributed by atoms with Gasteiger partial charge in [0.25, 0.3) is 0 Å². The fraction of sp³-hybridized carbons (Fsp3) is 0.412. The Bertz CT molecular complexity index is 564. The third-order valence-corrected chi connectivity index (χ3v) is 3.85. The van der Waals surface area contributed by atoms with Crippen molar-refractivity contribution in [2.75, 3.05) is 0 Å². The largest absolute Gasteiger partial charge is 0.478 e. The Morgan fingerprint density at radius 1 is 1.19 bits per heavy atom. The van der Waals surface area contributed by atoms with E-state index in [0.717, 1.165) is 25.7 Å². The van der Waals surface area contributed by atoms with E-state index in [4.69, 9.17) is 16.3 Å². The molecule has 0 spiro atoms. The van der Waals surface area contributed by atoms with Gasteiger partial charge < -0.3 is 9.84 Å². The Hall–Kier alpha value is -2.28. The highest BCUT2D eigenvalue weighted by Gasteiger charge is 2.27. The quantitative estimate of drug-likeness (QED) is 0.682. The molecule has 0 amide bonds. The topological polar surface area (TPSA) is 63.6 Å². The molecule has 0 heterocycles. The summed E-state index contributed by atoms with van der Waals surface area (Å²) in [6.45, 7) is 0. The first kappa shape index (κ1) is 15.1. The fourth-order valence-corrected chi connectivity index (χ4v) is 2.73. The van der Waals surface area contributed by atoms with E-state index in [-0.39, 0.29) is 17.0 Å². The molecule has 1 N–H and O–H groups in total. The molecule has 2 rings (SSSR count). The van der Waals surface area contributed by atoms with Crippen LogP contribution in [0.2, 0.25) is 0 Å². The molecule has 1 saturated carbocycles. The molecule has 0 radical (unpaired) electrons. The predicted octanol–water partition coefficient (Wildman–Crippen LogP) is 3.12. The van der Waals surface area contributed by atoms with Crippen LogP contribution in [0.5, 0.6) is 0 Å². The number of ether oxygens (including phenoxy) is 1. The van der Waals surface area contributed by atoms with Crippen LogP contribution in [0.15, 0.2) is 24.3 Å². The Balaban J connectivity index is 2.13. The normalized spacial score (nSPS) is 16.7. The summed E-state index contributed by atoms with van der Waals surface area (Å²) in [5, 5.41) is 9.11. The van der Waals surface area contributed by atoms with Crippen LogP contribution < -0.4 is 0 Å². The summed E-state index contributed by atoms with van der Waals surface area (Å²) in [6.07, 6.45) is 10.2. The highest BCUT2D eigenvalue weighted by atomic mass is 16.5. The fourth-order valence-electron chi connectivity index (χ4n) is 2.73. The number of hydrogen-bond acceptors (Lipinski definition) is 3. The minimum atomic E-state index is -1.16. The molecule has 1 aliphatic carbocycles. The van der Waals surface area contributed by atoms with E-state index in [1.54, 1.807) is 12.1 Å². The van der Waals surface area contributed by atoms with Crippen LogP contribution in [0.4, 0.5) is 0 Å². The van der Waals surface area contributed by atoms with Crippen molar-refractivity contribution in [3.63, 3.8) is 0 Å². The molecular formula is C17H18O4. The van der Waals surface area contributed by atoms with Gasteiger partial charge in [0.2, 0.25) is 0 Å². The molecule has 1 fully saturated rings. The minimum absolute atomic E-state index is 0.0426. The number of esters is 1. The summed E-state index contributed by atoms with van der Waals surface area (Å²) in [7, 11) is 0. The summed E-state index contributed by atoms with van der Waals surface area (Å²) < 4.78 is 5.38. The van der Waals surface area contributed by atoms with Gasteiger partial charge in [0.1, 0.15) is 0 Å². The van der Waals surface area contributed by atoms with Crippen molar-refractivity contribution in [2.24, 2.45) is 5.92 Å². The van der Waals surface area contributed by atoms with Crippen molar-refractivity contribution >= 4 is 11.9 Å². The molecule has 0 aromatic heterocycles. The van der Waals surface area contributed by atoms with Crippen LogP contribution in [0.3, 0.4) is 0 Å². The van der Waals surface area contributed by atoms with Gasteiger partial charge >= 0.3 is 11.9 Å². The number of aromatic carboxylic acids is 1. The molecule has 0 saturated heterocycles. The van der Waals surface area contributed by atoms with Crippen LogP contribution in [-0.4, -0.2) is 23.1 Å². The maximum atomic E-state index is 12.2. The molecular weight excluding hydrogens is 268 g/mol. The van der Waals surface area contributed by atoms with Crippen molar-refractivity contribution in [3.05, 3.63) is 35.4 Å². The zero-order chi connectivity index (χ0) is 15.2. The van der Waals surface area contributed by atoms with Gasteiger partial charge in [-0.25, -0.2) is 9.59 Å². The van der Waals surface area contributed by atoms with Crippen LogP contribution in [0.25, 0.3) is 0 Å². The van der Waals surface area contributed by atoms with Crippen LogP contribution in [0, 0.1) is 18.3 Å². The van der Waals surface area contributed by atoms with Crippen molar-refractivity contribution in [1.29, 1.82) is 0 Å². The van der Waals surface area contributed by atoms with Crippen molar-refractivity contribution in [1.82, 2.24) is 0 Å². The number of carboxylic acid groups (broad SMARTS) is 1. The van der Waals surface area contributed by atoms with Gasteiger partial charge in [0.15, 0.2) is 6.10 Å². The lowest BCUT2D eigenvalue weighted by Crippen LogP contribution is -2.28. The van der Waals surface area contributed by atoms with Gasteiger partial charge in [-0.15, -0.1) is 6.42 Å². The number of benzene rings is 1. The number of terminal acetylenes is 1. The Labute approximate surface area is 124 Å². The first-order valence-corrected chi connectivity index (χ1v) is 7.13. The number of carbonyl (C=O) groups is 2. The number of hydrogen-bond donors (Lipinski definition) is 1. The number of carbonyl (C=O) groups excluding carboxylic acids is 1. The Morgan fingerprint density at radius 3 is 2.38 bits per heavy atom. The van der Waals surface area contributed by atoms with Crippen molar-refractivity contribution < 1.29 is 19.4 Å². The minimum Gasteiger partial charge on any atom is -0.478 e. The lowest BCUT2D eigenvalue weighted by molar-refractivity contribution is 0.0248. The molecule has 1 aliphatic rings. The van der Waals surface area contributed by atoms with Gasteiger partial charge in [-0.2, -0.15) is 0 Å². The zero-order valence-corrected chi connectivity index (χ0v) is 11.7. The van der Waals surface area contributed by atoms with Crippen molar-refractivity contribution in [2.45, 2.75) is 38.2 Å². The molecule has 1 unspecified atom stereocenters. The van der Waals surface area contributed by atoms with E-state index in [2.05, 4.69) is 5.92 Å². The van der Waals surface area contributed by atoms with Crippen LogP contribution in [-0.2, 0) is 4.74 Å². The monoisotopic (exact) mass is 286 g/mol. The van der Waals surface area contributed by atoms with E-state index >= 15 is 0 Å². The van der Waals surface area contributed by atoms with Gasteiger partial charge in [-0.3, -0.25) is 0 Å².